The summed E-state index contributed by atoms with van der Waals surface area (Å²) < 4.78 is 0. The van der Waals surface area contributed by atoms with Gasteiger partial charge in [-0.1, -0.05) is 63.1 Å². The van der Waals surface area contributed by atoms with Crippen LogP contribution < -0.4 is 0 Å². The van der Waals surface area contributed by atoms with E-state index in [-0.39, 0.29) is 0 Å². The van der Waals surface area contributed by atoms with Crippen LogP contribution >= 0.6 is 11.8 Å². The second kappa shape index (κ2) is 8.23. The van der Waals surface area contributed by atoms with Gasteiger partial charge in [0.2, 0.25) is 0 Å². The van der Waals surface area contributed by atoms with E-state index in [1.54, 1.807) is 11.8 Å². The predicted molar refractivity (Wildman–Crippen MR) is 78.4 cm³/mol. The molecule has 0 unspecified atom stereocenters. The van der Waals surface area contributed by atoms with Gasteiger partial charge in [-0.15, -0.1) is 0 Å². The summed E-state index contributed by atoms with van der Waals surface area (Å²) in [6, 6.07) is 0. The molecule has 88 valence electrons. The van der Waals surface area contributed by atoms with Crippen molar-refractivity contribution in [1.29, 1.82) is 0 Å². The van der Waals surface area contributed by atoms with Gasteiger partial charge in [-0.2, -0.15) is 0 Å². The lowest BCUT2D eigenvalue weighted by molar-refractivity contribution is 0.827. The molecule has 0 spiro atoms. The van der Waals surface area contributed by atoms with Crippen LogP contribution in [0.2, 0.25) is 0 Å². The van der Waals surface area contributed by atoms with Crippen LogP contribution in [0, 0.1) is 5.92 Å². The van der Waals surface area contributed by atoms with E-state index in [2.05, 4.69) is 44.6 Å². The van der Waals surface area contributed by atoms with E-state index in [9.17, 15) is 0 Å². The van der Waals surface area contributed by atoms with E-state index in [0.29, 0.717) is 5.92 Å². The molecule has 0 aromatic heterocycles. The summed E-state index contributed by atoms with van der Waals surface area (Å²) in [6.45, 7) is 16.2. The maximum absolute atomic E-state index is 4.10. The van der Waals surface area contributed by atoms with Crippen molar-refractivity contribution >= 4 is 11.8 Å². The average Bonchev–Trinajstić information content (AvgIpc) is 2.24. The fraction of sp³-hybridized carbons (Fsp3) is 0.333. The topological polar surface area (TPSA) is 0 Å². The number of thioether (sulfide) groups is 1. The largest absolute Gasteiger partial charge is 0.0988 e. The quantitative estimate of drug-likeness (QED) is 0.548. The second-order valence-corrected chi connectivity index (χ2v) is 4.94. The number of allylic oxidation sites excluding steroid dienone is 6. The van der Waals surface area contributed by atoms with Crippen LogP contribution in [0.25, 0.3) is 0 Å². The highest BCUT2D eigenvalue weighted by Crippen LogP contribution is 2.26. The zero-order valence-electron chi connectivity index (χ0n) is 10.8. The van der Waals surface area contributed by atoms with Crippen molar-refractivity contribution in [2.24, 2.45) is 5.92 Å². The lowest BCUT2D eigenvalue weighted by Crippen LogP contribution is -1.85. The molecule has 0 saturated heterocycles. The summed E-state index contributed by atoms with van der Waals surface area (Å²) in [5, 5.41) is 2.08. The summed E-state index contributed by atoms with van der Waals surface area (Å²) in [4.78, 5) is 1.08. The second-order valence-electron chi connectivity index (χ2n) is 3.97. The maximum Gasteiger partial charge on any atom is 0.0113 e. The molecule has 0 aliphatic heterocycles. The highest BCUT2D eigenvalue weighted by atomic mass is 32.2. The van der Waals surface area contributed by atoms with E-state index in [0.717, 1.165) is 10.5 Å². The molecule has 0 aliphatic carbocycles. The van der Waals surface area contributed by atoms with Crippen LogP contribution in [0.15, 0.2) is 58.9 Å². The van der Waals surface area contributed by atoms with Crippen LogP contribution in [-0.4, -0.2) is 0 Å². The fourth-order valence-corrected chi connectivity index (χ4v) is 1.76. The molecular formula is C15H22S. The Morgan fingerprint density at radius 1 is 1.31 bits per heavy atom. The van der Waals surface area contributed by atoms with Crippen LogP contribution in [-0.2, 0) is 0 Å². The third kappa shape index (κ3) is 6.52. The summed E-state index contributed by atoms with van der Waals surface area (Å²) in [7, 11) is 0. The third-order valence-corrected chi connectivity index (χ3v) is 2.90. The minimum absolute atomic E-state index is 0.535. The van der Waals surface area contributed by atoms with Crippen molar-refractivity contribution < 1.29 is 0 Å². The first kappa shape index (κ1) is 15.0. The van der Waals surface area contributed by atoms with Gasteiger partial charge in [0.05, 0.1) is 0 Å². The molecule has 0 N–H and O–H groups in total. The fourth-order valence-electron chi connectivity index (χ4n) is 1.06. The van der Waals surface area contributed by atoms with Gasteiger partial charge in [0.1, 0.15) is 0 Å². The monoisotopic (exact) mass is 234 g/mol. The molecule has 0 atom stereocenters. The van der Waals surface area contributed by atoms with E-state index in [1.165, 1.54) is 5.57 Å². The lowest BCUT2D eigenvalue weighted by Gasteiger charge is -2.06. The standard InChI is InChI=1S/C15H22S/c1-7-9-15(10-12(3)4)14(6)16-11-13(5)8-2/h7-12H,2,6H2,1,3-5H3/b9-7-,13-11+,15-10+. The predicted octanol–water partition coefficient (Wildman–Crippen LogP) is 5.48. The van der Waals surface area contributed by atoms with Crippen LogP contribution in [0.5, 0.6) is 0 Å². The molecule has 0 aliphatic rings. The molecule has 0 aromatic carbocycles. The smallest absolute Gasteiger partial charge is 0.0113 e. The Labute approximate surface area is 105 Å². The Morgan fingerprint density at radius 3 is 2.38 bits per heavy atom. The Kier molecular flexibility index (Phi) is 7.74. The van der Waals surface area contributed by atoms with Gasteiger partial charge in [0, 0.05) is 4.91 Å². The van der Waals surface area contributed by atoms with E-state index in [4.69, 9.17) is 0 Å². The summed E-state index contributed by atoms with van der Waals surface area (Å²) in [5.41, 5.74) is 2.37. The van der Waals surface area contributed by atoms with Crippen molar-refractivity contribution in [3.8, 4) is 0 Å². The molecule has 0 rings (SSSR count). The molecule has 0 saturated carbocycles. The summed E-state index contributed by atoms with van der Waals surface area (Å²) in [5.74, 6) is 0.535. The maximum atomic E-state index is 4.10. The van der Waals surface area contributed by atoms with E-state index < -0.39 is 0 Å². The molecule has 0 nitrogen and oxygen atoms in total. The minimum atomic E-state index is 0.535. The average molecular weight is 234 g/mol. The number of hydrogen-bond acceptors (Lipinski definition) is 1. The molecule has 1 heteroatoms. The molecule has 0 aromatic rings. The first-order valence-corrected chi connectivity index (χ1v) is 6.38. The highest BCUT2D eigenvalue weighted by Gasteiger charge is 2.00. The zero-order chi connectivity index (χ0) is 12.6. The molecule has 0 heterocycles. The molecule has 0 radical (unpaired) electrons. The first-order valence-electron chi connectivity index (χ1n) is 5.51. The Hall–Kier alpha value is -0.950. The first-order chi connectivity index (χ1) is 7.51. The Balaban J connectivity index is 4.71. The van der Waals surface area contributed by atoms with Gasteiger partial charge < -0.3 is 0 Å². The molecular weight excluding hydrogens is 212 g/mol. The van der Waals surface area contributed by atoms with Gasteiger partial charge in [0.25, 0.3) is 0 Å². The third-order valence-electron chi connectivity index (χ3n) is 1.89. The SMILES string of the molecule is C=C/C(C)=C/SC(=C)C(/C=C\C)=C/C(C)C. The Morgan fingerprint density at radius 2 is 1.94 bits per heavy atom. The molecule has 0 amide bonds. The van der Waals surface area contributed by atoms with Crippen LogP contribution in [0.1, 0.15) is 27.7 Å². The zero-order valence-corrected chi connectivity index (χ0v) is 11.6. The molecule has 0 fully saturated rings. The summed E-state index contributed by atoms with van der Waals surface area (Å²) >= 11 is 1.65. The Bertz CT molecular complexity index is 327. The van der Waals surface area contributed by atoms with Gasteiger partial charge >= 0.3 is 0 Å². The lowest BCUT2D eigenvalue weighted by atomic mass is 10.1. The minimum Gasteiger partial charge on any atom is -0.0988 e. The summed E-state index contributed by atoms with van der Waals surface area (Å²) in [6.07, 6.45) is 8.23. The van der Waals surface area contributed by atoms with Gasteiger partial charge in [-0.25, -0.2) is 0 Å². The highest BCUT2D eigenvalue weighted by molar-refractivity contribution is 8.06. The normalized spacial score (nSPS) is 13.6. The number of rotatable bonds is 6. The van der Waals surface area contributed by atoms with E-state index in [1.807, 2.05) is 26.0 Å². The molecule has 16 heavy (non-hydrogen) atoms. The van der Waals surface area contributed by atoms with Crippen molar-refractivity contribution in [3.05, 3.63) is 58.9 Å². The van der Waals surface area contributed by atoms with Crippen LogP contribution in [0.4, 0.5) is 0 Å². The van der Waals surface area contributed by atoms with Crippen LogP contribution in [0.3, 0.4) is 0 Å². The van der Waals surface area contributed by atoms with Gasteiger partial charge in [-0.3, -0.25) is 0 Å². The van der Waals surface area contributed by atoms with Gasteiger partial charge in [-0.05, 0) is 36.3 Å². The van der Waals surface area contributed by atoms with Crippen molar-refractivity contribution in [2.45, 2.75) is 27.7 Å². The van der Waals surface area contributed by atoms with Crippen molar-refractivity contribution in [3.63, 3.8) is 0 Å². The van der Waals surface area contributed by atoms with Crippen molar-refractivity contribution in [2.75, 3.05) is 0 Å². The van der Waals surface area contributed by atoms with Crippen molar-refractivity contribution in [1.82, 2.24) is 0 Å². The van der Waals surface area contributed by atoms with Gasteiger partial charge in [0.15, 0.2) is 0 Å². The molecule has 0 bridgehead atoms. The number of hydrogen-bond donors (Lipinski definition) is 0. The van der Waals surface area contributed by atoms with E-state index >= 15 is 0 Å².